The van der Waals surface area contributed by atoms with E-state index in [-0.39, 0.29) is 0 Å². The van der Waals surface area contributed by atoms with Crippen molar-refractivity contribution >= 4 is 0 Å². The van der Waals surface area contributed by atoms with Crippen LogP contribution in [0, 0.1) is 5.92 Å². The first-order valence-corrected chi connectivity index (χ1v) is 5.48. The minimum atomic E-state index is 0.930. The van der Waals surface area contributed by atoms with Crippen molar-refractivity contribution in [1.29, 1.82) is 0 Å². The van der Waals surface area contributed by atoms with E-state index in [0.29, 0.717) is 0 Å². The zero-order chi connectivity index (χ0) is 9.64. The van der Waals surface area contributed by atoms with Gasteiger partial charge in [0.2, 0.25) is 0 Å². The molecule has 1 N–H and O–H groups in total. The molecule has 1 aromatic rings. The van der Waals surface area contributed by atoms with Crippen molar-refractivity contribution in [3.05, 3.63) is 12.7 Å². The van der Waals surface area contributed by atoms with Gasteiger partial charge in [-0.2, -0.15) is 5.10 Å². The van der Waals surface area contributed by atoms with Gasteiger partial charge < -0.3 is 5.32 Å². The van der Waals surface area contributed by atoms with Crippen LogP contribution in [0.5, 0.6) is 0 Å². The van der Waals surface area contributed by atoms with Crippen molar-refractivity contribution < 1.29 is 0 Å². The average molecular weight is 194 g/mol. The number of aromatic nitrogens is 3. The summed E-state index contributed by atoms with van der Waals surface area (Å²) >= 11 is 0. The molecule has 1 fully saturated rings. The highest BCUT2D eigenvalue weighted by molar-refractivity contribution is 4.68. The monoisotopic (exact) mass is 194 g/mol. The van der Waals surface area contributed by atoms with E-state index in [2.05, 4.69) is 15.4 Å². The highest BCUT2D eigenvalue weighted by Gasteiger charge is 2.11. The first-order chi connectivity index (χ1) is 6.95. The van der Waals surface area contributed by atoms with Gasteiger partial charge in [0.15, 0.2) is 0 Å². The van der Waals surface area contributed by atoms with Crippen molar-refractivity contribution in [3.8, 4) is 0 Å². The number of piperidine rings is 1. The molecule has 14 heavy (non-hydrogen) atoms. The van der Waals surface area contributed by atoms with Crippen molar-refractivity contribution in [2.24, 2.45) is 5.92 Å². The molecule has 0 aromatic carbocycles. The Labute approximate surface area is 84.7 Å². The maximum Gasteiger partial charge on any atom is 0.137 e. The van der Waals surface area contributed by atoms with Crippen molar-refractivity contribution in [1.82, 2.24) is 20.1 Å². The fraction of sp³-hybridized carbons (Fsp3) is 0.800. The van der Waals surface area contributed by atoms with Gasteiger partial charge in [-0.05, 0) is 44.7 Å². The summed E-state index contributed by atoms with van der Waals surface area (Å²) < 4.78 is 1.92. The summed E-state index contributed by atoms with van der Waals surface area (Å²) in [7, 11) is 0. The van der Waals surface area contributed by atoms with Gasteiger partial charge in [0.25, 0.3) is 0 Å². The molecule has 0 aliphatic carbocycles. The largest absolute Gasteiger partial charge is 0.317 e. The topological polar surface area (TPSA) is 42.7 Å². The predicted molar refractivity (Wildman–Crippen MR) is 54.8 cm³/mol. The average Bonchev–Trinajstić information content (AvgIpc) is 2.72. The van der Waals surface area contributed by atoms with Gasteiger partial charge >= 0.3 is 0 Å². The number of aryl methyl sites for hydroxylation is 1. The lowest BCUT2D eigenvalue weighted by Gasteiger charge is -2.22. The Balaban J connectivity index is 1.62. The molecule has 0 amide bonds. The van der Waals surface area contributed by atoms with E-state index in [4.69, 9.17) is 0 Å². The van der Waals surface area contributed by atoms with Crippen molar-refractivity contribution in [2.45, 2.75) is 32.2 Å². The summed E-state index contributed by atoms with van der Waals surface area (Å²) in [5.41, 5.74) is 0. The van der Waals surface area contributed by atoms with E-state index >= 15 is 0 Å². The second kappa shape index (κ2) is 5.10. The molecule has 0 bridgehead atoms. The third-order valence-electron chi connectivity index (χ3n) is 2.92. The Morgan fingerprint density at radius 1 is 1.36 bits per heavy atom. The molecular weight excluding hydrogens is 176 g/mol. The fourth-order valence-corrected chi connectivity index (χ4v) is 2.06. The molecule has 0 atom stereocenters. The molecule has 0 radical (unpaired) electrons. The standard InChI is InChI=1S/C10H18N4/c1(7-14-9-12-8-13-14)2-10-3-5-11-6-4-10/h8-11H,1-7H2. The summed E-state index contributed by atoms with van der Waals surface area (Å²) in [4.78, 5) is 3.93. The quantitative estimate of drug-likeness (QED) is 0.779. The molecule has 0 spiro atoms. The lowest BCUT2D eigenvalue weighted by atomic mass is 9.93. The Bertz CT molecular complexity index is 239. The normalized spacial score (nSPS) is 18.6. The Hall–Kier alpha value is -0.900. The third-order valence-corrected chi connectivity index (χ3v) is 2.92. The molecule has 0 unspecified atom stereocenters. The molecule has 1 aliphatic heterocycles. The van der Waals surface area contributed by atoms with Gasteiger partial charge in [0.1, 0.15) is 12.7 Å². The van der Waals surface area contributed by atoms with Crippen LogP contribution in [0.3, 0.4) is 0 Å². The maximum atomic E-state index is 4.09. The molecule has 4 nitrogen and oxygen atoms in total. The molecule has 78 valence electrons. The highest BCUT2D eigenvalue weighted by Crippen LogP contribution is 2.17. The molecule has 4 heteroatoms. The minimum absolute atomic E-state index is 0.930. The number of hydrogen-bond acceptors (Lipinski definition) is 3. The first kappa shape index (κ1) is 9.65. The lowest BCUT2D eigenvalue weighted by molar-refractivity contribution is 0.337. The minimum Gasteiger partial charge on any atom is -0.317 e. The van der Waals surface area contributed by atoms with E-state index in [1.54, 1.807) is 12.7 Å². The Kier molecular flexibility index (Phi) is 3.51. The Morgan fingerprint density at radius 3 is 2.93 bits per heavy atom. The van der Waals surface area contributed by atoms with Gasteiger partial charge in [-0.15, -0.1) is 0 Å². The van der Waals surface area contributed by atoms with Crippen LogP contribution in [0.1, 0.15) is 25.7 Å². The van der Waals surface area contributed by atoms with Crippen molar-refractivity contribution in [2.75, 3.05) is 13.1 Å². The highest BCUT2D eigenvalue weighted by atomic mass is 15.3. The van der Waals surface area contributed by atoms with Crippen LogP contribution in [0.4, 0.5) is 0 Å². The summed E-state index contributed by atoms with van der Waals surface area (Å²) in [5.74, 6) is 0.930. The van der Waals surface area contributed by atoms with E-state index < -0.39 is 0 Å². The van der Waals surface area contributed by atoms with Crippen molar-refractivity contribution in [3.63, 3.8) is 0 Å². The summed E-state index contributed by atoms with van der Waals surface area (Å²) in [6.07, 6.45) is 8.65. The van der Waals surface area contributed by atoms with Gasteiger partial charge in [-0.1, -0.05) is 0 Å². The van der Waals surface area contributed by atoms with Crippen LogP contribution < -0.4 is 5.32 Å². The van der Waals surface area contributed by atoms with E-state index in [1.165, 1.54) is 38.8 Å². The number of nitrogens with one attached hydrogen (secondary N) is 1. The predicted octanol–water partition coefficient (Wildman–Crippen LogP) is 1.06. The second-order valence-corrected chi connectivity index (χ2v) is 3.99. The maximum absolute atomic E-state index is 4.09. The summed E-state index contributed by atoms with van der Waals surface area (Å²) in [5, 5.41) is 7.48. The number of rotatable bonds is 4. The smallest absolute Gasteiger partial charge is 0.137 e. The molecular formula is C10H18N4. The number of hydrogen-bond donors (Lipinski definition) is 1. The van der Waals surface area contributed by atoms with Crippen LogP contribution in [0.2, 0.25) is 0 Å². The van der Waals surface area contributed by atoms with E-state index in [1.807, 2.05) is 4.68 Å². The van der Waals surface area contributed by atoms with E-state index in [0.717, 1.165) is 12.5 Å². The summed E-state index contributed by atoms with van der Waals surface area (Å²) in [6, 6.07) is 0. The summed E-state index contributed by atoms with van der Waals surface area (Å²) in [6.45, 7) is 3.42. The van der Waals surface area contributed by atoms with Crippen LogP contribution in [-0.2, 0) is 6.54 Å². The SMILES string of the molecule is c1ncn(CCCC2CCNCC2)n1. The zero-order valence-electron chi connectivity index (χ0n) is 8.52. The molecule has 2 heterocycles. The fourth-order valence-electron chi connectivity index (χ4n) is 2.06. The molecule has 2 rings (SSSR count). The molecule has 0 saturated carbocycles. The van der Waals surface area contributed by atoms with E-state index in [9.17, 15) is 0 Å². The molecule has 1 aromatic heterocycles. The van der Waals surface area contributed by atoms with Gasteiger partial charge in [-0.3, -0.25) is 4.68 Å². The first-order valence-electron chi connectivity index (χ1n) is 5.48. The molecule has 1 aliphatic rings. The van der Waals surface area contributed by atoms with Gasteiger partial charge in [-0.25, -0.2) is 4.98 Å². The van der Waals surface area contributed by atoms with Gasteiger partial charge in [0, 0.05) is 6.54 Å². The Morgan fingerprint density at radius 2 is 2.21 bits per heavy atom. The van der Waals surface area contributed by atoms with Crippen LogP contribution in [0.15, 0.2) is 12.7 Å². The lowest BCUT2D eigenvalue weighted by Crippen LogP contribution is -2.27. The van der Waals surface area contributed by atoms with Crippen LogP contribution in [-0.4, -0.2) is 27.9 Å². The van der Waals surface area contributed by atoms with Gasteiger partial charge in [0.05, 0.1) is 0 Å². The van der Waals surface area contributed by atoms with Crippen LogP contribution >= 0.6 is 0 Å². The van der Waals surface area contributed by atoms with Crippen LogP contribution in [0.25, 0.3) is 0 Å². The zero-order valence-corrected chi connectivity index (χ0v) is 8.52. The third kappa shape index (κ3) is 2.80. The number of nitrogens with zero attached hydrogens (tertiary/aromatic N) is 3. The molecule has 1 saturated heterocycles. The second-order valence-electron chi connectivity index (χ2n) is 3.99.